The molecule has 0 aliphatic heterocycles. The molecule has 0 fully saturated rings. The van der Waals surface area contributed by atoms with E-state index in [4.69, 9.17) is 14.9 Å². The molecule has 4 heterocycles. The molecule has 37 heavy (non-hydrogen) atoms. The van der Waals surface area contributed by atoms with Gasteiger partial charge >= 0.3 is 0 Å². The van der Waals surface area contributed by atoms with Gasteiger partial charge in [-0.1, -0.05) is 53.5 Å². The van der Waals surface area contributed by atoms with Crippen LogP contribution in [-0.4, -0.2) is 41.2 Å². The molecule has 4 rings (SSSR count). The Hall–Kier alpha value is -3.44. The molecule has 1 unspecified atom stereocenters. The van der Waals surface area contributed by atoms with Crippen LogP contribution in [-0.2, 0) is 21.8 Å². The molecule has 1 atom stereocenters. The first-order valence-electron chi connectivity index (χ1n) is 13.0. The molecule has 11 heteroatoms. The van der Waals surface area contributed by atoms with Crippen molar-refractivity contribution in [1.29, 1.82) is 0 Å². The maximum Gasteiger partial charge on any atom is 0.205 e. The molecule has 0 aliphatic carbocycles. The zero-order chi connectivity index (χ0) is 26.4. The average molecular weight is 508 g/mol. The van der Waals surface area contributed by atoms with Crippen molar-refractivity contribution in [3.05, 3.63) is 47.7 Å². The van der Waals surface area contributed by atoms with Gasteiger partial charge in [-0.2, -0.15) is 9.78 Å². The van der Waals surface area contributed by atoms with E-state index < -0.39 is 0 Å². The second-order valence-corrected chi connectivity index (χ2v) is 10.0. The second-order valence-electron chi connectivity index (χ2n) is 10.0. The van der Waals surface area contributed by atoms with Gasteiger partial charge in [-0.3, -0.25) is 5.10 Å². The minimum absolute atomic E-state index is 0.175. The van der Waals surface area contributed by atoms with Gasteiger partial charge in [0.05, 0.1) is 18.5 Å². The Labute approximate surface area is 217 Å². The van der Waals surface area contributed by atoms with E-state index in [1.807, 2.05) is 29.6 Å². The summed E-state index contributed by atoms with van der Waals surface area (Å²) in [5, 5.41) is 26.5. The molecule has 11 nitrogen and oxygen atoms in total. The van der Waals surface area contributed by atoms with Crippen LogP contribution in [0, 0.1) is 0 Å². The van der Waals surface area contributed by atoms with E-state index in [9.17, 15) is 0 Å². The van der Waals surface area contributed by atoms with Crippen molar-refractivity contribution in [3.63, 3.8) is 0 Å². The Morgan fingerprint density at radius 1 is 1.08 bits per heavy atom. The minimum atomic E-state index is -0.223. The van der Waals surface area contributed by atoms with Crippen molar-refractivity contribution >= 4 is 17.2 Å². The van der Waals surface area contributed by atoms with Crippen LogP contribution in [0.3, 0.4) is 0 Å². The predicted molar refractivity (Wildman–Crippen MR) is 141 cm³/mol. The number of fused-ring (bicyclic) bond motifs is 1. The van der Waals surface area contributed by atoms with E-state index in [0.717, 1.165) is 42.8 Å². The summed E-state index contributed by atoms with van der Waals surface area (Å²) in [6.07, 6.45) is 7.76. The summed E-state index contributed by atoms with van der Waals surface area (Å²) in [5.74, 6) is 2.38. The number of nitrogens with zero attached hydrogens (tertiary/aromatic N) is 8. The highest BCUT2D eigenvalue weighted by atomic mass is 17.2. The summed E-state index contributed by atoms with van der Waals surface area (Å²) in [5.41, 5.74) is 2.75. The predicted octanol–water partition coefficient (Wildman–Crippen LogP) is 6.50. The molecule has 1 N–H and O–H groups in total. The number of unbranched alkanes of at least 4 members (excludes halogenated alkanes) is 1. The lowest BCUT2D eigenvalue weighted by atomic mass is 9.91. The highest BCUT2D eigenvalue weighted by molar-refractivity contribution is 5.68. The molecule has 4 aromatic rings. The number of nitrogens with one attached hydrogen (secondary N) is 1. The van der Waals surface area contributed by atoms with Crippen LogP contribution in [0.2, 0.25) is 0 Å². The van der Waals surface area contributed by atoms with E-state index in [1.165, 1.54) is 0 Å². The zero-order valence-corrected chi connectivity index (χ0v) is 22.6. The van der Waals surface area contributed by atoms with Gasteiger partial charge < -0.3 is 0 Å². The van der Waals surface area contributed by atoms with Crippen LogP contribution in [0.25, 0.3) is 11.5 Å². The number of H-pyrrole nitrogens is 1. The van der Waals surface area contributed by atoms with Crippen LogP contribution in [0.5, 0.6) is 0 Å². The molecular formula is C26H37N9O2. The third kappa shape index (κ3) is 5.78. The summed E-state index contributed by atoms with van der Waals surface area (Å²) in [6.45, 7) is 13.3. The fraction of sp³-hybridized carbons (Fsp3) is 0.538. The molecule has 0 aromatic carbocycles. The highest BCUT2D eigenvalue weighted by Gasteiger charge is 2.28. The van der Waals surface area contributed by atoms with Crippen LogP contribution >= 0.6 is 0 Å². The number of hydrogen-bond donors (Lipinski definition) is 1. The SMILES string of the molecule is CCCCC(CC)c1nnc2c(N=Nc3c(COOCC)cnn3-c3ccccn3)c(C(C)(C)C)[nH]n12. The Morgan fingerprint density at radius 2 is 1.92 bits per heavy atom. The lowest BCUT2D eigenvalue weighted by Gasteiger charge is -2.17. The first kappa shape index (κ1) is 26.6. The van der Waals surface area contributed by atoms with Gasteiger partial charge in [-0.25, -0.2) is 19.3 Å². The Bertz CT molecular complexity index is 1320. The molecule has 0 aliphatic rings. The van der Waals surface area contributed by atoms with E-state index in [0.29, 0.717) is 35.5 Å². The molecule has 0 saturated carbocycles. The molecule has 0 bridgehead atoms. The molecular weight excluding hydrogens is 470 g/mol. The number of pyridine rings is 1. The lowest BCUT2D eigenvalue weighted by molar-refractivity contribution is -0.300. The van der Waals surface area contributed by atoms with Gasteiger partial charge in [0.1, 0.15) is 6.61 Å². The van der Waals surface area contributed by atoms with Crippen LogP contribution in [0.15, 0.2) is 40.8 Å². The quantitative estimate of drug-likeness (QED) is 0.101. The zero-order valence-electron chi connectivity index (χ0n) is 22.6. The van der Waals surface area contributed by atoms with Crippen molar-refractivity contribution in [2.24, 2.45) is 10.2 Å². The summed E-state index contributed by atoms with van der Waals surface area (Å²) in [4.78, 5) is 14.8. The van der Waals surface area contributed by atoms with E-state index in [2.05, 4.69) is 65.1 Å². The summed E-state index contributed by atoms with van der Waals surface area (Å²) in [6, 6.07) is 5.61. The number of aromatic amines is 1. The van der Waals surface area contributed by atoms with Crippen molar-refractivity contribution in [2.75, 3.05) is 6.61 Å². The molecule has 4 aromatic heterocycles. The van der Waals surface area contributed by atoms with E-state index >= 15 is 0 Å². The number of hydrogen-bond acceptors (Lipinski definition) is 8. The van der Waals surface area contributed by atoms with Crippen LogP contribution in [0.4, 0.5) is 11.5 Å². The number of azo groups is 1. The maximum absolute atomic E-state index is 5.31. The van der Waals surface area contributed by atoms with Crippen LogP contribution in [0.1, 0.15) is 90.2 Å². The average Bonchev–Trinajstić information content (AvgIpc) is 3.58. The fourth-order valence-corrected chi connectivity index (χ4v) is 4.20. The van der Waals surface area contributed by atoms with Crippen molar-refractivity contribution in [2.45, 2.75) is 85.2 Å². The van der Waals surface area contributed by atoms with Gasteiger partial charge in [0, 0.05) is 23.1 Å². The normalized spacial score (nSPS) is 13.2. The van der Waals surface area contributed by atoms with E-state index in [-0.39, 0.29) is 12.0 Å². The first-order valence-corrected chi connectivity index (χ1v) is 13.0. The molecule has 0 radical (unpaired) electrons. The topological polar surface area (TPSA) is 120 Å². The minimum Gasteiger partial charge on any atom is -0.292 e. The van der Waals surface area contributed by atoms with Crippen molar-refractivity contribution in [3.8, 4) is 5.82 Å². The summed E-state index contributed by atoms with van der Waals surface area (Å²) in [7, 11) is 0. The Kier molecular flexibility index (Phi) is 8.45. The largest absolute Gasteiger partial charge is 0.292 e. The molecule has 0 amide bonds. The Balaban J connectivity index is 1.80. The smallest absolute Gasteiger partial charge is 0.205 e. The number of rotatable bonds is 12. The van der Waals surface area contributed by atoms with Gasteiger partial charge in [0.15, 0.2) is 23.1 Å². The molecule has 198 valence electrons. The molecule has 0 spiro atoms. The monoisotopic (exact) mass is 507 g/mol. The number of aromatic nitrogens is 7. The van der Waals surface area contributed by atoms with Crippen molar-refractivity contribution in [1.82, 2.24) is 34.6 Å². The van der Waals surface area contributed by atoms with Gasteiger partial charge in [0.25, 0.3) is 0 Å². The second kappa shape index (κ2) is 11.7. The standard InChI is InChI=1S/C26H37N9O2/c1-7-10-13-18(8-2)23-31-32-25-21(22(26(4,5)6)33-35(23)25)29-30-24-19(17-37-36-9-3)16-28-34(24)20-14-11-12-15-27-20/h11-12,14-16,18,33H,7-10,13,17H2,1-6H3. The van der Waals surface area contributed by atoms with Gasteiger partial charge in [0.2, 0.25) is 5.65 Å². The van der Waals surface area contributed by atoms with E-state index in [1.54, 1.807) is 17.1 Å². The summed E-state index contributed by atoms with van der Waals surface area (Å²) >= 11 is 0. The fourth-order valence-electron chi connectivity index (χ4n) is 4.20. The first-order chi connectivity index (χ1) is 17.9. The third-order valence-corrected chi connectivity index (χ3v) is 6.22. The lowest BCUT2D eigenvalue weighted by Crippen LogP contribution is -2.13. The van der Waals surface area contributed by atoms with Gasteiger partial charge in [-0.05, 0) is 31.9 Å². The highest BCUT2D eigenvalue weighted by Crippen LogP contribution is 2.37. The van der Waals surface area contributed by atoms with Gasteiger partial charge in [-0.15, -0.1) is 20.4 Å². The van der Waals surface area contributed by atoms with Crippen LogP contribution < -0.4 is 0 Å². The maximum atomic E-state index is 5.31. The molecule has 0 saturated heterocycles. The summed E-state index contributed by atoms with van der Waals surface area (Å²) < 4.78 is 3.62. The van der Waals surface area contributed by atoms with Crippen molar-refractivity contribution < 1.29 is 9.78 Å². The Morgan fingerprint density at radius 3 is 2.59 bits per heavy atom. The third-order valence-electron chi connectivity index (χ3n) is 6.22.